The van der Waals surface area contributed by atoms with Crippen molar-refractivity contribution in [3.05, 3.63) is 35.5 Å². The molecule has 0 radical (unpaired) electrons. The van der Waals surface area contributed by atoms with E-state index < -0.39 is 0 Å². The zero-order valence-electron chi connectivity index (χ0n) is 10.4. The number of rotatable bonds is 1. The molecule has 2 rings (SSSR count). The van der Waals surface area contributed by atoms with Gasteiger partial charge in [-0.1, -0.05) is 30.7 Å². The average molecular weight is 216 g/mol. The Balaban J connectivity index is 2.45. The molecule has 3 atom stereocenters. The highest BCUT2D eigenvalue weighted by atomic mass is 16.1. The van der Waals surface area contributed by atoms with E-state index in [4.69, 9.17) is 0 Å². The Morgan fingerprint density at radius 1 is 1.50 bits per heavy atom. The summed E-state index contributed by atoms with van der Waals surface area (Å²) < 4.78 is 0. The van der Waals surface area contributed by atoms with E-state index in [1.807, 2.05) is 13.0 Å². The Bertz CT molecular complexity index is 398. The maximum Gasteiger partial charge on any atom is 0.159 e. The number of fused-ring (bicyclic) bond motifs is 1. The minimum atomic E-state index is 0.178. The summed E-state index contributed by atoms with van der Waals surface area (Å²) >= 11 is 0. The average Bonchev–Trinajstić information content (AvgIpc) is 2.22. The summed E-state index contributed by atoms with van der Waals surface area (Å²) in [6, 6.07) is 0. The van der Waals surface area contributed by atoms with Crippen molar-refractivity contribution < 1.29 is 4.79 Å². The number of ketones is 1. The van der Waals surface area contributed by atoms with Gasteiger partial charge in [-0.15, -0.1) is 0 Å². The lowest BCUT2D eigenvalue weighted by molar-refractivity contribution is -0.120. The molecule has 0 aromatic heterocycles. The third-order valence-electron chi connectivity index (χ3n) is 4.04. The summed E-state index contributed by atoms with van der Waals surface area (Å²) in [7, 11) is 0. The second-order valence-corrected chi connectivity index (χ2v) is 5.31. The Kier molecular flexibility index (Phi) is 2.88. The van der Waals surface area contributed by atoms with Crippen LogP contribution in [0.4, 0.5) is 0 Å². The normalized spacial score (nSPS) is 33.9. The molecular weight excluding hydrogens is 196 g/mol. The second kappa shape index (κ2) is 4.04. The van der Waals surface area contributed by atoms with Gasteiger partial charge >= 0.3 is 0 Å². The number of hydrogen-bond acceptors (Lipinski definition) is 1. The molecule has 0 bridgehead atoms. The topological polar surface area (TPSA) is 17.1 Å². The second-order valence-electron chi connectivity index (χ2n) is 5.31. The van der Waals surface area contributed by atoms with E-state index in [0.29, 0.717) is 11.8 Å². The lowest BCUT2D eigenvalue weighted by Crippen LogP contribution is -2.34. The van der Waals surface area contributed by atoms with E-state index in [9.17, 15) is 4.79 Å². The summed E-state index contributed by atoms with van der Waals surface area (Å²) in [6.07, 6.45) is 6.45. The molecule has 0 N–H and O–H groups in total. The molecule has 2 aliphatic rings. The number of carbonyl (C=O) groups excluding carboxylic acids is 1. The van der Waals surface area contributed by atoms with Crippen molar-refractivity contribution in [2.45, 2.75) is 33.6 Å². The Morgan fingerprint density at radius 2 is 2.19 bits per heavy atom. The van der Waals surface area contributed by atoms with Gasteiger partial charge in [0.1, 0.15) is 0 Å². The van der Waals surface area contributed by atoms with E-state index in [0.717, 1.165) is 24.0 Å². The van der Waals surface area contributed by atoms with Gasteiger partial charge in [-0.05, 0) is 44.3 Å². The van der Waals surface area contributed by atoms with Gasteiger partial charge < -0.3 is 0 Å². The number of hydrogen-bond donors (Lipinski definition) is 0. The van der Waals surface area contributed by atoms with Crippen molar-refractivity contribution in [3.63, 3.8) is 0 Å². The first-order valence-electron chi connectivity index (χ1n) is 6.09. The fourth-order valence-electron chi connectivity index (χ4n) is 2.97. The molecule has 0 heterocycles. The molecule has 0 amide bonds. The van der Waals surface area contributed by atoms with Crippen LogP contribution in [0, 0.1) is 17.8 Å². The van der Waals surface area contributed by atoms with Crippen LogP contribution in [0.1, 0.15) is 33.6 Å². The Morgan fingerprint density at radius 3 is 2.81 bits per heavy atom. The summed E-state index contributed by atoms with van der Waals surface area (Å²) in [5, 5.41) is 0. The molecule has 0 aromatic rings. The SMILES string of the molecule is C=C(C)C1=CC(=O)[C@H](C)[C@H]2CCC(C)=C[C@@H]12. The first kappa shape index (κ1) is 11.4. The summed E-state index contributed by atoms with van der Waals surface area (Å²) in [4.78, 5) is 11.9. The molecule has 86 valence electrons. The van der Waals surface area contributed by atoms with Gasteiger partial charge in [0.05, 0.1) is 0 Å². The Hall–Kier alpha value is -1.11. The lowest BCUT2D eigenvalue weighted by atomic mass is 9.65. The smallest absolute Gasteiger partial charge is 0.159 e. The predicted molar refractivity (Wildman–Crippen MR) is 67.0 cm³/mol. The van der Waals surface area contributed by atoms with Crippen LogP contribution in [0.3, 0.4) is 0 Å². The number of carbonyl (C=O) groups is 1. The van der Waals surface area contributed by atoms with Crippen LogP contribution in [0.15, 0.2) is 35.5 Å². The molecule has 0 unspecified atom stereocenters. The van der Waals surface area contributed by atoms with Gasteiger partial charge in [0.25, 0.3) is 0 Å². The molecule has 16 heavy (non-hydrogen) atoms. The molecule has 0 fully saturated rings. The first-order valence-corrected chi connectivity index (χ1v) is 6.09. The molecular formula is C15H20O. The molecule has 0 saturated heterocycles. The van der Waals surface area contributed by atoms with Crippen molar-refractivity contribution in [2.24, 2.45) is 17.8 Å². The zero-order valence-corrected chi connectivity index (χ0v) is 10.4. The van der Waals surface area contributed by atoms with Crippen molar-refractivity contribution in [1.29, 1.82) is 0 Å². The van der Waals surface area contributed by atoms with Gasteiger partial charge in [0.2, 0.25) is 0 Å². The molecule has 1 heteroatoms. The highest BCUT2D eigenvalue weighted by Gasteiger charge is 2.37. The predicted octanol–water partition coefficient (Wildman–Crippen LogP) is 3.68. The lowest BCUT2D eigenvalue weighted by Gasteiger charge is -2.38. The van der Waals surface area contributed by atoms with Crippen LogP contribution >= 0.6 is 0 Å². The molecule has 0 aliphatic heterocycles. The third-order valence-corrected chi connectivity index (χ3v) is 4.04. The highest BCUT2D eigenvalue weighted by Crippen LogP contribution is 2.43. The Labute approximate surface area is 97.9 Å². The summed E-state index contributed by atoms with van der Waals surface area (Å²) in [5.41, 5.74) is 3.66. The quantitative estimate of drug-likeness (QED) is 0.611. The summed E-state index contributed by atoms with van der Waals surface area (Å²) in [6.45, 7) is 10.3. The van der Waals surface area contributed by atoms with Crippen LogP contribution in [-0.4, -0.2) is 5.78 Å². The largest absolute Gasteiger partial charge is 0.295 e. The molecule has 2 aliphatic carbocycles. The van der Waals surface area contributed by atoms with Crippen LogP contribution in [0.2, 0.25) is 0 Å². The fourth-order valence-corrected chi connectivity index (χ4v) is 2.97. The maximum absolute atomic E-state index is 11.9. The van der Waals surface area contributed by atoms with Gasteiger partial charge in [-0.2, -0.15) is 0 Å². The van der Waals surface area contributed by atoms with Crippen LogP contribution < -0.4 is 0 Å². The third kappa shape index (κ3) is 1.79. The highest BCUT2D eigenvalue weighted by molar-refractivity contribution is 5.94. The van der Waals surface area contributed by atoms with Gasteiger partial charge in [-0.25, -0.2) is 0 Å². The van der Waals surface area contributed by atoms with Crippen molar-refractivity contribution in [3.8, 4) is 0 Å². The van der Waals surface area contributed by atoms with Gasteiger partial charge in [-0.3, -0.25) is 4.79 Å². The van der Waals surface area contributed by atoms with E-state index in [1.54, 1.807) is 0 Å². The van der Waals surface area contributed by atoms with Crippen LogP contribution in [-0.2, 0) is 4.79 Å². The molecule has 0 spiro atoms. The molecule has 1 nitrogen and oxygen atoms in total. The van der Waals surface area contributed by atoms with Gasteiger partial charge in [0, 0.05) is 11.8 Å². The van der Waals surface area contributed by atoms with Gasteiger partial charge in [0.15, 0.2) is 5.78 Å². The molecule has 0 saturated carbocycles. The minimum absolute atomic E-state index is 0.178. The summed E-state index contributed by atoms with van der Waals surface area (Å²) in [5.74, 6) is 1.39. The zero-order chi connectivity index (χ0) is 11.9. The monoisotopic (exact) mass is 216 g/mol. The van der Waals surface area contributed by atoms with E-state index in [1.165, 1.54) is 5.57 Å². The first-order chi connectivity index (χ1) is 7.50. The molecule has 0 aromatic carbocycles. The van der Waals surface area contributed by atoms with Crippen molar-refractivity contribution in [2.75, 3.05) is 0 Å². The van der Waals surface area contributed by atoms with Crippen molar-refractivity contribution in [1.82, 2.24) is 0 Å². The van der Waals surface area contributed by atoms with Crippen molar-refractivity contribution >= 4 is 5.78 Å². The van der Waals surface area contributed by atoms with Crippen LogP contribution in [0.5, 0.6) is 0 Å². The minimum Gasteiger partial charge on any atom is -0.295 e. The van der Waals surface area contributed by atoms with E-state index in [2.05, 4.69) is 26.5 Å². The van der Waals surface area contributed by atoms with E-state index >= 15 is 0 Å². The van der Waals surface area contributed by atoms with E-state index in [-0.39, 0.29) is 11.7 Å². The number of allylic oxidation sites excluding steroid dienone is 5. The van der Waals surface area contributed by atoms with Crippen LogP contribution in [0.25, 0.3) is 0 Å². The fraction of sp³-hybridized carbons (Fsp3) is 0.533. The maximum atomic E-state index is 11.9. The standard InChI is InChI=1S/C15H20O/c1-9(2)13-8-15(16)11(4)12-6-5-10(3)7-14(12)13/h7-8,11-12,14H,1,5-6H2,2-4H3/t11-,12-,14-/m1/s1.